The molecule has 1 unspecified atom stereocenters. The highest BCUT2D eigenvalue weighted by atomic mass is 35.5. The highest BCUT2D eigenvalue weighted by Gasteiger charge is 2.36. The molecule has 0 spiro atoms. The van der Waals surface area contributed by atoms with E-state index in [4.69, 9.17) is 16.3 Å². The molecule has 7 heteroatoms. The van der Waals surface area contributed by atoms with Crippen LogP contribution in [0.15, 0.2) is 48.5 Å². The molecule has 1 saturated heterocycles. The van der Waals surface area contributed by atoms with Gasteiger partial charge >= 0.3 is 0 Å². The Labute approximate surface area is 175 Å². The van der Waals surface area contributed by atoms with Crippen molar-refractivity contribution in [2.45, 2.75) is 12.5 Å². The van der Waals surface area contributed by atoms with Gasteiger partial charge in [-0.15, -0.1) is 0 Å². The van der Waals surface area contributed by atoms with Gasteiger partial charge in [0.15, 0.2) is 0 Å². The first kappa shape index (κ1) is 19.9. The standard InChI is InChI=1S/C22H24ClN3O3/c23-18-7-3-4-8-19(18)24-20(27)15-26-10-9-16-5-1-2-6-17(16)21(26)22(28)25-11-13-29-14-12-25/h1-8,21H,9-15H2,(H,24,27). The molecule has 0 bridgehead atoms. The van der Waals surface area contributed by atoms with Gasteiger partial charge in [0.1, 0.15) is 6.04 Å². The molecule has 29 heavy (non-hydrogen) atoms. The van der Waals surface area contributed by atoms with Crippen LogP contribution in [0.25, 0.3) is 0 Å². The number of nitrogens with one attached hydrogen (secondary N) is 1. The summed E-state index contributed by atoms with van der Waals surface area (Å²) >= 11 is 6.16. The number of morpholine rings is 1. The number of carbonyl (C=O) groups is 2. The van der Waals surface area contributed by atoms with Crippen LogP contribution < -0.4 is 5.32 Å². The van der Waals surface area contributed by atoms with E-state index in [0.29, 0.717) is 43.6 Å². The zero-order chi connectivity index (χ0) is 20.2. The minimum atomic E-state index is -0.463. The van der Waals surface area contributed by atoms with Gasteiger partial charge in [0.05, 0.1) is 30.5 Å². The lowest BCUT2D eigenvalue weighted by molar-refractivity contribution is -0.142. The lowest BCUT2D eigenvalue weighted by Gasteiger charge is -2.39. The van der Waals surface area contributed by atoms with Gasteiger partial charge < -0.3 is 15.0 Å². The lowest BCUT2D eigenvalue weighted by atomic mass is 9.91. The molecule has 0 aliphatic carbocycles. The average molecular weight is 414 g/mol. The SMILES string of the molecule is O=C(CN1CCc2ccccc2C1C(=O)N1CCOCC1)Nc1ccccc1Cl. The second-order valence-electron chi connectivity index (χ2n) is 7.29. The summed E-state index contributed by atoms with van der Waals surface area (Å²) in [5.41, 5.74) is 2.73. The molecular weight excluding hydrogens is 390 g/mol. The molecule has 1 atom stereocenters. The fourth-order valence-corrected chi connectivity index (χ4v) is 4.15. The maximum atomic E-state index is 13.4. The zero-order valence-electron chi connectivity index (χ0n) is 16.1. The highest BCUT2D eigenvalue weighted by Crippen LogP contribution is 2.31. The Kier molecular flexibility index (Phi) is 6.13. The number of nitrogens with zero attached hydrogens (tertiary/aromatic N) is 2. The molecule has 0 aromatic heterocycles. The van der Waals surface area contributed by atoms with E-state index in [1.807, 2.05) is 40.1 Å². The van der Waals surface area contributed by atoms with Crippen molar-refractivity contribution in [2.24, 2.45) is 0 Å². The van der Waals surface area contributed by atoms with Crippen molar-refractivity contribution in [3.05, 3.63) is 64.7 Å². The third kappa shape index (κ3) is 4.45. The highest BCUT2D eigenvalue weighted by molar-refractivity contribution is 6.33. The fraction of sp³-hybridized carbons (Fsp3) is 0.364. The van der Waals surface area contributed by atoms with Crippen LogP contribution >= 0.6 is 11.6 Å². The minimum Gasteiger partial charge on any atom is -0.378 e. The first-order valence-corrected chi connectivity index (χ1v) is 10.2. The third-order valence-corrected chi connectivity index (χ3v) is 5.76. The number of amides is 2. The summed E-state index contributed by atoms with van der Waals surface area (Å²) in [6, 6.07) is 14.7. The van der Waals surface area contributed by atoms with Crippen LogP contribution in [0, 0.1) is 0 Å². The number of carbonyl (C=O) groups excluding carboxylic acids is 2. The van der Waals surface area contributed by atoms with Crippen LogP contribution in [0.3, 0.4) is 0 Å². The lowest BCUT2D eigenvalue weighted by Crippen LogP contribution is -2.51. The van der Waals surface area contributed by atoms with Crippen LogP contribution in [0.4, 0.5) is 5.69 Å². The number of hydrogen-bond donors (Lipinski definition) is 1. The van der Waals surface area contributed by atoms with E-state index in [1.165, 1.54) is 5.56 Å². The van der Waals surface area contributed by atoms with Gasteiger partial charge in [0.2, 0.25) is 11.8 Å². The molecule has 6 nitrogen and oxygen atoms in total. The second kappa shape index (κ2) is 8.95. The molecule has 2 amide bonds. The number of benzene rings is 2. The van der Waals surface area contributed by atoms with Crippen molar-refractivity contribution in [3.8, 4) is 0 Å². The number of anilines is 1. The monoisotopic (exact) mass is 413 g/mol. The molecule has 2 aromatic rings. The molecule has 2 aliphatic rings. The Morgan fingerprint density at radius 2 is 1.76 bits per heavy atom. The summed E-state index contributed by atoms with van der Waals surface area (Å²) in [6.45, 7) is 3.03. The summed E-state index contributed by atoms with van der Waals surface area (Å²) < 4.78 is 5.39. The Hall–Kier alpha value is -2.41. The first-order chi connectivity index (χ1) is 14.1. The summed E-state index contributed by atoms with van der Waals surface area (Å²) in [5.74, 6) is -0.150. The number of fused-ring (bicyclic) bond motifs is 1. The van der Waals surface area contributed by atoms with Crippen molar-refractivity contribution >= 4 is 29.1 Å². The Morgan fingerprint density at radius 1 is 1.03 bits per heavy atom. The number of hydrogen-bond acceptors (Lipinski definition) is 4. The first-order valence-electron chi connectivity index (χ1n) is 9.86. The van der Waals surface area contributed by atoms with Gasteiger partial charge in [-0.1, -0.05) is 48.0 Å². The molecule has 1 N–H and O–H groups in total. The Balaban J connectivity index is 1.55. The molecular formula is C22H24ClN3O3. The predicted octanol–water partition coefficient (Wildman–Crippen LogP) is 2.74. The topological polar surface area (TPSA) is 61.9 Å². The van der Waals surface area contributed by atoms with E-state index in [1.54, 1.807) is 12.1 Å². The van der Waals surface area contributed by atoms with Crippen molar-refractivity contribution in [1.82, 2.24) is 9.80 Å². The van der Waals surface area contributed by atoms with Gasteiger partial charge in [-0.3, -0.25) is 14.5 Å². The smallest absolute Gasteiger partial charge is 0.244 e. The largest absolute Gasteiger partial charge is 0.378 e. The molecule has 0 saturated carbocycles. The quantitative estimate of drug-likeness (QED) is 0.837. The number of halogens is 1. The molecule has 0 radical (unpaired) electrons. The van der Waals surface area contributed by atoms with Crippen molar-refractivity contribution in [3.63, 3.8) is 0 Å². The summed E-state index contributed by atoms with van der Waals surface area (Å²) in [5, 5.41) is 3.35. The number of rotatable bonds is 4. The van der Waals surface area contributed by atoms with Gasteiger partial charge in [-0.2, -0.15) is 0 Å². The van der Waals surface area contributed by atoms with E-state index in [2.05, 4.69) is 11.4 Å². The molecule has 152 valence electrons. The maximum Gasteiger partial charge on any atom is 0.244 e. The number of ether oxygens (including phenoxy) is 1. The summed E-state index contributed by atoms with van der Waals surface area (Å²) in [7, 11) is 0. The van der Waals surface area contributed by atoms with E-state index in [0.717, 1.165) is 12.0 Å². The van der Waals surface area contributed by atoms with Crippen LogP contribution in [0.1, 0.15) is 17.2 Å². The minimum absolute atomic E-state index is 0.0333. The van der Waals surface area contributed by atoms with Gasteiger partial charge in [-0.25, -0.2) is 0 Å². The Morgan fingerprint density at radius 3 is 2.55 bits per heavy atom. The summed E-state index contributed by atoms with van der Waals surface area (Å²) in [6.07, 6.45) is 0.808. The summed E-state index contributed by atoms with van der Waals surface area (Å²) in [4.78, 5) is 29.9. The van der Waals surface area contributed by atoms with Crippen LogP contribution in [0.2, 0.25) is 5.02 Å². The normalized spacial score (nSPS) is 19.5. The fourth-order valence-electron chi connectivity index (χ4n) is 3.97. The third-order valence-electron chi connectivity index (χ3n) is 5.43. The average Bonchev–Trinajstić information content (AvgIpc) is 2.75. The van der Waals surface area contributed by atoms with Gasteiger partial charge in [-0.05, 0) is 29.7 Å². The molecule has 2 aliphatic heterocycles. The van der Waals surface area contributed by atoms with E-state index >= 15 is 0 Å². The molecule has 1 fully saturated rings. The van der Waals surface area contributed by atoms with Crippen molar-refractivity contribution in [2.75, 3.05) is 44.7 Å². The molecule has 2 heterocycles. The van der Waals surface area contributed by atoms with Crippen LogP contribution in [0.5, 0.6) is 0 Å². The molecule has 2 aromatic carbocycles. The van der Waals surface area contributed by atoms with E-state index in [-0.39, 0.29) is 18.4 Å². The molecule has 4 rings (SSSR count). The van der Waals surface area contributed by atoms with Gasteiger partial charge in [0.25, 0.3) is 0 Å². The predicted molar refractivity (Wildman–Crippen MR) is 112 cm³/mol. The van der Waals surface area contributed by atoms with Crippen LogP contribution in [-0.2, 0) is 20.7 Å². The second-order valence-corrected chi connectivity index (χ2v) is 7.69. The van der Waals surface area contributed by atoms with Crippen molar-refractivity contribution in [1.29, 1.82) is 0 Å². The zero-order valence-corrected chi connectivity index (χ0v) is 16.9. The number of para-hydroxylation sites is 1. The van der Waals surface area contributed by atoms with Crippen molar-refractivity contribution < 1.29 is 14.3 Å². The Bertz CT molecular complexity index is 898. The van der Waals surface area contributed by atoms with E-state index < -0.39 is 6.04 Å². The maximum absolute atomic E-state index is 13.4. The van der Waals surface area contributed by atoms with Crippen LogP contribution in [-0.4, -0.2) is 61.0 Å². The van der Waals surface area contributed by atoms with Gasteiger partial charge in [0, 0.05) is 19.6 Å². The van der Waals surface area contributed by atoms with E-state index in [9.17, 15) is 9.59 Å².